The molecule has 40 heavy (non-hydrogen) atoms. The third-order valence-corrected chi connectivity index (χ3v) is 7.28. The van der Waals surface area contributed by atoms with Gasteiger partial charge in [-0.05, 0) is 66.1 Å². The first kappa shape index (κ1) is 25.6. The number of hydrogen-bond acceptors (Lipinski definition) is 7. The molecule has 2 aliphatic rings. The molecular formula is C31H31N3O6. The van der Waals surface area contributed by atoms with Crippen LogP contribution in [-0.4, -0.2) is 48.6 Å². The predicted molar refractivity (Wildman–Crippen MR) is 148 cm³/mol. The summed E-state index contributed by atoms with van der Waals surface area (Å²) in [6.45, 7) is 3.29. The minimum absolute atomic E-state index is 0.132. The number of ether oxygens (including phenoxy) is 5. The molecule has 4 aromatic rings. The van der Waals surface area contributed by atoms with Gasteiger partial charge in [0, 0.05) is 17.7 Å². The highest BCUT2D eigenvalue weighted by molar-refractivity contribution is 6.00. The summed E-state index contributed by atoms with van der Waals surface area (Å²) in [4.78, 5) is 15.7. The zero-order chi connectivity index (χ0) is 27.6. The first-order chi connectivity index (χ1) is 19.6. The third kappa shape index (κ3) is 4.57. The number of carbonyl (C=O) groups excluding carboxylic acids is 1. The fraction of sp³-hybridized carbons (Fsp3) is 0.290. The molecule has 1 N–H and O–H groups in total. The number of unbranched alkanes of at least 4 members (excludes halogenated alkanes) is 1. The van der Waals surface area contributed by atoms with Gasteiger partial charge in [0.05, 0.1) is 32.6 Å². The lowest BCUT2D eigenvalue weighted by Crippen LogP contribution is -2.29. The molecule has 0 fully saturated rings. The Balaban J connectivity index is 1.42. The van der Waals surface area contributed by atoms with E-state index < -0.39 is 6.04 Å². The lowest BCUT2D eigenvalue weighted by molar-refractivity contribution is 0.0729. The highest BCUT2D eigenvalue weighted by Gasteiger charge is 2.42. The minimum Gasteiger partial charge on any atom is -0.497 e. The van der Waals surface area contributed by atoms with E-state index >= 15 is 0 Å². The van der Waals surface area contributed by atoms with Gasteiger partial charge in [-0.1, -0.05) is 25.5 Å². The Hall–Kier alpha value is -4.66. The maximum absolute atomic E-state index is 13.9. The van der Waals surface area contributed by atoms with Gasteiger partial charge in [0.2, 0.25) is 6.79 Å². The summed E-state index contributed by atoms with van der Waals surface area (Å²) in [7, 11) is 3.26. The Labute approximate surface area is 232 Å². The average molecular weight is 542 g/mol. The van der Waals surface area contributed by atoms with Crippen LogP contribution in [0.25, 0.3) is 11.3 Å². The number of carbonyl (C=O) groups is 1. The summed E-state index contributed by atoms with van der Waals surface area (Å²) in [6, 6.07) is 18.9. The van der Waals surface area contributed by atoms with Crippen molar-refractivity contribution in [1.29, 1.82) is 0 Å². The van der Waals surface area contributed by atoms with E-state index in [4.69, 9.17) is 23.7 Å². The summed E-state index contributed by atoms with van der Waals surface area (Å²) < 4.78 is 28.1. The Morgan fingerprint density at radius 2 is 1.80 bits per heavy atom. The molecule has 1 unspecified atom stereocenters. The van der Waals surface area contributed by atoms with Crippen molar-refractivity contribution in [2.45, 2.75) is 32.4 Å². The Morgan fingerprint density at radius 3 is 2.58 bits per heavy atom. The van der Waals surface area contributed by atoms with Gasteiger partial charge in [-0.3, -0.25) is 9.89 Å². The Morgan fingerprint density at radius 1 is 0.975 bits per heavy atom. The molecule has 9 nitrogen and oxygen atoms in total. The number of aromatic amines is 1. The number of aromatic nitrogens is 2. The van der Waals surface area contributed by atoms with Crippen molar-refractivity contribution in [1.82, 2.24) is 15.1 Å². The number of nitrogens with zero attached hydrogens (tertiary/aromatic N) is 2. The summed E-state index contributed by atoms with van der Waals surface area (Å²) in [6.07, 6.45) is 1.99. The maximum Gasteiger partial charge on any atom is 0.273 e. The van der Waals surface area contributed by atoms with Crippen LogP contribution in [0.5, 0.6) is 28.7 Å². The normalized spacial score (nSPS) is 15.3. The molecule has 206 valence electrons. The lowest BCUT2D eigenvalue weighted by Gasteiger charge is -2.27. The van der Waals surface area contributed by atoms with Crippen molar-refractivity contribution in [3.63, 3.8) is 0 Å². The lowest BCUT2D eigenvalue weighted by atomic mass is 9.95. The van der Waals surface area contributed by atoms with E-state index in [1.807, 2.05) is 65.6 Å². The largest absolute Gasteiger partial charge is 0.497 e. The van der Waals surface area contributed by atoms with Crippen LogP contribution >= 0.6 is 0 Å². The average Bonchev–Trinajstić information content (AvgIpc) is 3.70. The van der Waals surface area contributed by atoms with Crippen LogP contribution in [0.1, 0.15) is 53.0 Å². The molecule has 6 rings (SSSR count). The van der Waals surface area contributed by atoms with Crippen LogP contribution in [0, 0.1) is 0 Å². The van der Waals surface area contributed by atoms with Crippen LogP contribution < -0.4 is 23.7 Å². The number of hydrogen-bond donors (Lipinski definition) is 1. The van der Waals surface area contributed by atoms with E-state index in [1.54, 1.807) is 14.2 Å². The second-order valence-electron chi connectivity index (χ2n) is 9.72. The van der Waals surface area contributed by atoms with Crippen molar-refractivity contribution in [3.05, 3.63) is 83.0 Å². The molecule has 1 amide bonds. The molecule has 0 saturated heterocycles. The Kier molecular flexibility index (Phi) is 6.94. The van der Waals surface area contributed by atoms with Crippen LogP contribution in [0.2, 0.25) is 0 Å². The molecule has 9 heteroatoms. The van der Waals surface area contributed by atoms with Gasteiger partial charge >= 0.3 is 0 Å². The highest BCUT2D eigenvalue weighted by atomic mass is 16.7. The van der Waals surface area contributed by atoms with E-state index in [1.165, 1.54) is 0 Å². The van der Waals surface area contributed by atoms with Gasteiger partial charge in [0.25, 0.3) is 5.91 Å². The summed E-state index contributed by atoms with van der Waals surface area (Å²) >= 11 is 0. The number of H-pyrrole nitrogens is 1. The van der Waals surface area contributed by atoms with Crippen LogP contribution in [0.15, 0.2) is 60.7 Å². The van der Waals surface area contributed by atoms with Crippen molar-refractivity contribution < 1.29 is 28.5 Å². The fourth-order valence-corrected chi connectivity index (χ4v) is 5.21. The molecule has 0 radical (unpaired) electrons. The van der Waals surface area contributed by atoms with Gasteiger partial charge in [0.1, 0.15) is 11.4 Å². The van der Waals surface area contributed by atoms with Crippen molar-refractivity contribution in [3.8, 4) is 40.0 Å². The molecule has 3 aromatic carbocycles. The van der Waals surface area contributed by atoms with Crippen LogP contribution in [0.4, 0.5) is 0 Å². The van der Waals surface area contributed by atoms with Gasteiger partial charge in [-0.25, -0.2) is 0 Å². The van der Waals surface area contributed by atoms with Crippen LogP contribution in [-0.2, 0) is 6.54 Å². The van der Waals surface area contributed by atoms with Gasteiger partial charge in [-0.15, -0.1) is 0 Å². The number of rotatable bonds is 10. The highest BCUT2D eigenvalue weighted by Crippen LogP contribution is 2.46. The van der Waals surface area contributed by atoms with Crippen molar-refractivity contribution in [2.24, 2.45) is 0 Å². The molecule has 0 aliphatic carbocycles. The quantitative estimate of drug-likeness (QED) is 0.256. The van der Waals surface area contributed by atoms with E-state index in [0.29, 0.717) is 47.5 Å². The first-order valence-corrected chi connectivity index (χ1v) is 13.3. The number of nitrogens with one attached hydrogen (secondary N) is 1. The van der Waals surface area contributed by atoms with E-state index in [0.717, 1.165) is 40.8 Å². The van der Waals surface area contributed by atoms with Crippen LogP contribution in [0.3, 0.4) is 0 Å². The molecule has 1 atom stereocenters. The number of benzene rings is 3. The molecule has 1 aromatic heterocycles. The Bertz CT molecular complexity index is 1530. The van der Waals surface area contributed by atoms with Gasteiger partial charge in [0.15, 0.2) is 23.0 Å². The monoisotopic (exact) mass is 541 g/mol. The first-order valence-electron chi connectivity index (χ1n) is 13.3. The van der Waals surface area contributed by atoms with E-state index in [-0.39, 0.29) is 12.7 Å². The molecule has 0 bridgehead atoms. The minimum atomic E-state index is -0.414. The molecule has 0 saturated carbocycles. The molecule has 3 heterocycles. The summed E-state index contributed by atoms with van der Waals surface area (Å²) in [5, 5.41) is 7.60. The summed E-state index contributed by atoms with van der Waals surface area (Å²) in [5.74, 6) is 3.28. The number of fused-ring (bicyclic) bond motifs is 2. The van der Waals surface area contributed by atoms with E-state index in [2.05, 4.69) is 17.1 Å². The van der Waals surface area contributed by atoms with Crippen molar-refractivity contribution >= 4 is 5.91 Å². The zero-order valence-corrected chi connectivity index (χ0v) is 22.7. The topological polar surface area (TPSA) is 95.1 Å². The maximum atomic E-state index is 13.9. The second-order valence-corrected chi connectivity index (χ2v) is 9.72. The zero-order valence-electron chi connectivity index (χ0n) is 22.7. The number of methoxy groups -OCH3 is 2. The van der Waals surface area contributed by atoms with Crippen molar-refractivity contribution in [2.75, 3.05) is 27.6 Å². The predicted octanol–water partition coefficient (Wildman–Crippen LogP) is 5.75. The molecule has 0 spiro atoms. The number of amides is 1. The molecular weight excluding hydrogens is 510 g/mol. The van der Waals surface area contributed by atoms with Gasteiger partial charge in [-0.2, -0.15) is 5.10 Å². The standard InChI is InChI=1S/C31H31N3O6/c1-4-5-14-38-23-13-9-21(16-25(23)37-3)30-27-28(20-7-10-22(36-2)11-8-20)32-33-29(27)31(35)34(30)17-19-6-12-24-26(15-19)40-18-39-24/h6-13,15-16,30H,4-5,14,17-18H2,1-3H3,(H,32,33). The van der Waals surface area contributed by atoms with Gasteiger partial charge < -0.3 is 28.6 Å². The van der Waals surface area contributed by atoms with E-state index in [9.17, 15) is 4.79 Å². The molecule has 2 aliphatic heterocycles. The SMILES string of the molecule is CCCCOc1ccc(C2c3c(-c4ccc(OC)cc4)n[nH]c3C(=O)N2Cc2ccc3c(c2)OCO3)cc1OC. The third-order valence-electron chi connectivity index (χ3n) is 7.28. The fourth-order valence-electron chi connectivity index (χ4n) is 5.21. The smallest absolute Gasteiger partial charge is 0.273 e. The second kappa shape index (κ2) is 10.8. The summed E-state index contributed by atoms with van der Waals surface area (Å²) in [5.41, 5.74) is 4.71.